The Morgan fingerprint density at radius 3 is 2.63 bits per heavy atom. The molecule has 0 spiro atoms. The van der Waals surface area contributed by atoms with E-state index in [1.807, 2.05) is 39.6 Å². The number of amides is 2. The Hall–Kier alpha value is -2.75. The van der Waals surface area contributed by atoms with Crippen molar-refractivity contribution in [1.82, 2.24) is 24.7 Å². The third kappa shape index (κ3) is 5.42. The van der Waals surface area contributed by atoms with Crippen LogP contribution in [0.1, 0.15) is 39.8 Å². The number of piperazine rings is 1. The number of ether oxygens (including phenoxy) is 1. The second kappa shape index (κ2) is 10.9. The second-order valence-corrected chi connectivity index (χ2v) is 10.3. The van der Waals surface area contributed by atoms with Crippen LogP contribution in [-0.2, 0) is 16.0 Å². The van der Waals surface area contributed by atoms with Gasteiger partial charge in [0, 0.05) is 81.3 Å². The molecule has 1 N–H and O–H groups in total. The molecular formula is C26H33N5O3S. The average molecular weight is 496 g/mol. The molecule has 3 aromatic rings. The molecule has 2 aromatic heterocycles. The summed E-state index contributed by atoms with van der Waals surface area (Å²) in [6.07, 6.45) is 4.14. The second-order valence-electron chi connectivity index (χ2n) is 9.39. The van der Waals surface area contributed by atoms with E-state index in [9.17, 15) is 9.59 Å². The largest absolute Gasteiger partial charge is 0.383 e. The van der Waals surface area contributed by atoms with Gasteiger partial charge in [-0.05, 0) is 24.5 Å². The van der Waals surface area contributed by atoms with Gasteiger partial charge in [-0.25, -0.2) is 4.98 Å². The van der Waals surface area contributed by atoms with E-state index in [-0.39, 0.29) is 11.8 Å². The van der Waals surface area contributed by atoms with Gasteiger partial charge in [0.05, 0.1) is 18.0 Å². The first-order valence-electron chi connectivity index (χ1n) is 12.4. The number of hydrogen-bond donors (Lipinski definition) is 1. The highest BCUT2D eigenvalue weighted by molar-refractivity contribution is 7.09. The van der Waals surface area contributed by atoms with Crippen molar-refractivity contribution in [3.05, 3.63) is 52.1 Å². The fourth-order valence-corrected chi connectivity index (χ4v) is 6.02. The lowest BCUT2D eigenvalue weighted by Gasteiger charge is -2.34. The van der Waals surface area contributed by atoms with E-state index in [0.29, 0.717) is 18.0 Å². The fourth-order valence-electron chi connectivity index (χ4n) is 5.06. The number of fused-ring (bicyclic) bond motifs is 1. The summed E-state index contributed by atoms with van der Waals surface area (Å²) in [5.41, 5.74) is 2.68. The zero-order valence-electron chi connectivity index (χ0n) is 20.2. The Kier molecular flexibility index (Phi) is 7.46. The van der Waals surface area contributed by atoms with Crippen molar-refractivity contribution >= 4 is 34.1 Å². The Balaban J connectivity index is 1.12. The van der Waals surface area contributed by atoms with Gasteiger partial charge in [-0.15, -0.1) is 11.3 Å². The standard InChI is InChI=1S/C26H33N5O3S/c1-34-15-14-29-10-12-31(13-11-29)26(33)23-18-35-25(28-23)19-6-8-30(9-7-19)24(32)16-20-17-27-22-5-3-2-4-21(20)22/h2-5,17-19,27H,6-16H2,1H3. The highest BCUT2D eigenvalue weighted by Gasteiger charge is 2.28. The molecule has 9 heteroatoms. The first kappa shape index (κ1) is 24.0. The number of rotatable bonds is 7. The average Bonchev–Trinajstić information content (AvgIpc) is 3.55. The van der Waals surface area contributed by atoms with Gasteiger partial charge >= 0.3 is 0 Å². The molecule has 1 aromatic carbocycles. The summed E-state index contributed by atoms with van der Waals surface area (Å²) in [4.78, 5) is 40.1. The van der Waals surface area contributed by atoms with Crippen molar-refractivity contribution in [3.8, 4) is 0 Å². The molecule has 0 radical (unpaired) electrons. The normalized spacial score (nSPS) is 17.9. The zero-order chi connectivity index (χ0) is 24.2. The number of likely N-dealkylation sites (tertiary alicyclic amines) is 1. The van der Waals surface area contributed by atoms with Crippen LogP contribution < -0.4 is 0 Å². The Bertz CT molecular complexity index is 1160. The van der Waals surface area contributed by atoms with Gasteiger partial charge in [0.1, 0.15) is 5.69 Å². The molecular weight excluding hydrogens is 462 g/mol. The van der Waals surface area contributed by atoms with Crippen molar-refractivity contribution in [2.45, 2.75) is 25.2 Å². The van der Waals surface area contributed by atoms with Crippen molar-refractivity contribution in [1.29, 1.82) is 0 Å². The van der Waals surface area contributed by atoms with Gasteiger partial charge in [-0.1, -0.05) is 18.2 Å². The minimum Gasteiger partial charge on any atom is -0.383 e. The topological polar surface area (TPSA) is 81.8 Å². The van der Waals surface area contributed by atoms with E-state index >= 15 is 0 Å². The third-order valence-electron chi connectivity index (χ3n) is 7.23. The number of hydrogen-bond acceptors (Lipinski definition) is 6. The van der Waals surface area contributed by atoms with E-state index in [0.717, 1.165) is 86.7 Å². The van der Waals surface area contributed by atoms with Gasteiger partial charge in [0.25, 0.3) is 5.91 Å². The van der Waals surface area contributed by atoms with Crippen molar-refractivity contribution in [3.63, 3.8) is 0 Å². The first-order valence-corrected chi connectivity index (χ1v) is 13.3. The summed E-state index contributed by atoms with van der Waals surface area (Å²) in [6.45, 7) is 6.29. The van der Waals surface area contributed by atoms with Crippen LogP contribution in [0.3, 0.4) is 0 Å². The number of thiazole rings is 1. The van der Waals surface area contributed by atoms with Crippen molar-refractivity contribution in [2.75, 3.05) is 59.5 Å². The van der Waals surface area contributed by atoms with Crippen LogP contribution in [0.2, 0.25) is 0 Å². The van der Waals surface area contributed by atoms with Crippen LogP contribution in [0.5, 0.6) is 0 Å². The molecule has 8 nitrogen and oxygen atoms in total. The Morgan fingerprint density at radius 1 is 1.09 bits per heavy atom. The van der Waals surface area contributed by atoms with Gasteiger partial charge in [0.15, 0.2) is 0 Å². The summed E-state index contributed by atoms with van der Waals surface area (Å²) in [7, 11) is 1.71. The Labute approximate surface area is 209 Å². The lowest BCUT2D eigenvalue weighted by atomic mass is 9.97. The highest BCUT2D eigenvalue weighted by Crippen LogP contribution is 2.31. The number of piperidine rings is 1. The van der Waals surface area contributed by atoms with Gasteiger partial charge in [-0.2, -0.15) is 0 Å². The number of aromatic nitrogens is 2. The minimum absolute atomic E-state index is 0.0326. The van der Waals surface area contributed by atoms with Gasteiger partial charge < -0.3 is 19.5 Å². The van der Waals surface area contributed by atoms with Gasteiger partial charge in [0.2, 0.25) is 5.91 Å². The minimum atomic E-state index is 0.0326. The molecule has 5 rings (SSSR count). The monoisotopic (exact) mass is 495 g/mol. The van der Waals surface area contributed by atoms with Crippen molar-refractivity contribution < 1.29 is 14.3 Å². The molecule has 2 aliphatic heterocycles. The molecule has 0 atom stereocenters. The summed E-state index contributed by atoms with van der Waals surface area (Å²) >= 11 is 1.58. The quantitative estimate of drug-likeness (QED) is 0.545. The van der Waals surface area contributed by atoms with Crippen LogP contribution >= 0.6 is 11.3 Å². The summed E-state index contributed by atoms with van der Waals surface area (Å²) in [5.74, 6) is 0.516. The SMILES string of the molecule is COCCN1CCN(C(=O)c2csc(C3CCN(C(=O)Cc4c[nH]c5ccccc45)CC3)n2)CC1. The molecule has 2 saturated heterocycles. The molecule has 2 fully saturated rings. The predicted octanol–water partition coefficient (Wildman–Crippen LogP) is 2.98. The number of H-pyrrole nitrogens is 1. The van der Waals surface area contributed by atoms with E-state index in [1.165, 1.54) is 0 Å². The molecule has 35 heavy (non-hydrogen) atoms. The number of methoxy groups -OCH3 is 1. The maximum absolute atomic E-state index is 13.0. The molecule has 0 aliphatic carbocycles. The van der Waals surface area contributed by atoms with E-state index in [4.69, 9.17) is 9.72 Å². The number of nitrogens with one attached hydrogen (secondary N) is 1. The van der Waals surface area contributed by atoms with Crippen LogP contribution in [-0.4, -0.2) is 96.0 Å². The number of nitrogens with zero attached hydrogens (tertiary/aromatic N) is 4. The van der Waals surface area contributed by atoms with Crippen molar-refractivity contribution in [2.24, 2.45) is 0 Å². The number of para-hydroxylation sites is 1. The number of carbonyl (C=O) groups is 2. The number of aromatic amines is 1. The first-order chi connectivity index (χ1) is 17.1. The van der Waals surface area contributed by atoms with E-state index < -0.39 is 0 Å². The molecule has 4 heterocycles. The highest BCUT2D eigenvalue weighted by atomic mass is 32.1. The van der Waals surface area contributed by atoms with Crippen LogP contribution in [0, 0.1) is 0 Å². The lowest BCUT2D eigenvalue weighted by Crippen LogP contribution is -2.49. The number of benzene rings is 1. The Morgan fingerprint density at radius 2 is 1.86 bits per heavy atom. The van der Waals surface area contributed by atoms with Crippen LogP contribution in [0.4, 0.5) is 0 Å². The molecule has 0 saturated carbocycles. The molecule has 186 valence electrons. The third-order valence-corrected chi connectivity index (χ3v) is 8.23. The van der Waals surface area contributed by atoms with E-state index in [2.05, 4.69) is 16.0 Å². The van der Waals surface area contributed by atoms with Crippen LogP contribution in [0.15, 0.2) is 35.8 Å². The maximum atomic E-state index is 13.0. The number of carbonyl (C=O) groups excluding carboxylic acids is 2. The molecule has 0 bridgehead atoms. The zero-order valence-corrected chi connectivity index (χ0v) is 21.1. The summed E-state index contributed by atoms with van der Waals surface area (Å²) < 4.78 is 5.15. The van der Waals surface area contributed by atoms with E-state index in [1.54, 1.807) is 18.4 Å². The maximum Gasteiger partial charge on any atom is 0.273 e. The predicted molar refractivity (Wildman–Crippen MR) is 137 cm³/mol. The smallest absolute Gasteiger partial charge is 0.273 e. The fraction of sp³-hybridized carbons (Fsp3) is 0.500. The van der Waals surface area contributed by atoms with Gasteiger partial charge in [-0.3, -0.25) is 14.5 Å². The lowest BCUT2D eigenvalue weighted by molar-refractivity contribution is -0.131. The molecule has 0 unspecified atom stereocenters. The summed E-state index contributed by atoms with van der Waals surface area (Å²) in [6, 6.07) is 8.09. The molecule has 2 aliphatic rings. The molecule has 2 amide bonds. The van der Waals surface area contributed by atoms with Crippen LogP contribution in [0.25, 0.3) is 10.9 Å². The summed E-state index contributed by atoms with van der Waals surface area (Å²) in [5, 5.41) is 4.05.